The zero-order valence-corrected chi connectivity index (χ0v) is 16.6. The van der Waals surface area contributed by atoms with Crippen molar-refractivity contribution in [3.63, 3.8) is 0 Å². The van der Waals surface area contributed by atoms with E-state index in [1.54, 1.807) is 6.07 Å². The van der Waals surface area contributed by atoms with Crippen LogP contribution in [0.5, 0.6) is 0 Å². The second-order valence-corrected chi connectivity index (χ2v) is 6.99. The van der Waals surface area contributed by atoms with E-state index in [2.05, 4.69) is 15.5 Å². The van der Waals surface area contributed by atoms with Gasteiger partial charge in [-0.3, -0.25) is 14.9 Å². The summed E-state index contributed by atoms with van der Waals surface area (Å²) in [5.41, 5.74) is 1.37. The molecule has 0 saturated heterocycles. The molecular weight excluding hydrogens is 415 g/mol. The van der Waals surface area contributed by atoms with Crippen LogP contribution in [0.15, 0.2) is 83.4 Å². The van der Waals surface area contributed by atoms with Crippen LogP contribution >= 0.6 is 0 Å². The van der Waals surface area contributed by atoms with E-state index in [-0.39, 0.29) is 23.0 Å². The topological polar surface area (TPSA) is 111 Å². The first-order valence-corrected chi connectivity index (χ1v) is 9.68. The number of amides is 1. The SMILES string of the molecule is O=C(N[C@H](Cc1ccccc1)c1nc(-c2cccc([N+](=O)[O-])c2)no1)c1cccc(F)c1. The number of nitro groups is 1. The fourth-order valence-electron chi connectivity index (χ4n) is 3.17. The van der Waals surface area contributed by atoms with Gasteiger partial charge < -0.3 is 9.84 Å². The number of carbonyl (C=O) groups is 1. The normalized spacial score (nSPS) is 11.7. The van der Waals surface area contributed by atoms with Crippen LogP contribution in [0.2, 0.25) is 0 Å². The maximum Gasteiger partial charge on any atom is 0.270 e. The summed E-state index contributed by atoms with van der Waals surface area (Å²) >= 11 is 0. The monoisotopic (exact) mass is 432 g/mol. The molecule has 0 unspecified atom stereocenters. The number of halogens is 1. The molecule has 32 heavy (non-hydrogen) atoms. The second kappa shape index (κ2) is 9.17. The average molecular weight is 432 g/mol. The summed E-state index contributed by atoms with van der Waals surface area (Å²) in [6, 6.07) is 19.9. The van der Waals surface area contributed by atoms with Gasteiger partial charge in [-0.15, -0.1) is 0 Å². The maximum atomic E-state index is 13.5. The Bertz CT molecular complexity index is 1260. The van der Waals surface area contributed by atoms with Crippen LogP contribution < -0.4 is 5.32 Å². The van der Waals surface area contributed by atoms with Crippen LogP contribution in [0.25, 0.3) is 11.4 Å². The third-order valence-corrected chi connectivity index (χ3v) is 4.73. The molecule has 0 aliphatic carbocycles. The number of aromatic nitrogens is 2. The highest BCUT2D eigenvalue weighted by molar-refractivity contribution is 5.94. The van der Waals surface area contributed by atoms with E-state index in [1.807, 2.05) is 30.3 Å². The van der Waals surface area contributed by atoms with Crippen molar-refractivity contribution in [1.29, 1.82) is 0 Å². The van der Waals surface area contributed by atoms with Crippen molar-refractivity contribution in [3.8, 4) is 11.4 Å². The van der Waals surface area contributed by atoms with E-state index >= 15 is 0 Å². The van der Waals surface area contributed by atoms with E-state index < -0.39 is 22.7 Å². The molecule has 9 heteroatoms. The number of rotatable bonds is 7. The van der Waals surface area contributed by atoms with Gasteiger partial charge in [0.25, 0.3) is 11.6 Å². The molecule has 0 aliphatic rings. The summed E-state index contributed by atoms with van der Waals surface area (Å²) in [4.78, 5) is 27.6. The maximum absolute atomic E-state index is 13.5. The van der Waals surface area contributed by atoms with E-state index in [1.165, 1.54) is 36.4 Å². The predicted molar refractivity (Wildman–Crippen MR) is 113 cm³/mol. The lowest BCUT2D eigenvalue weighted by Gasteiger charge is -2.15. The standard InChI is InChI=1S/C23H17FN4O4/c24-18-10-4-9-17(13-18)22(29)25-20(12-15-6-2-1-3-7-15)23-26-21(27-32-23)16-8-5-11-19(14-16)28(30)31/h1-11,13-14,20H,12H2,(H,25,29)/t20-/m1/s1. The van der Waals surface area contributed by atoms with Crippen molar-refractivity contribution in [2.45, 2.75) is 12.5 Å². The molecular formula is C23H17FN4O4. The van der Waals surface area contributed by atoms with Gasteiger partial charge in [0.1, 0.15) is 11.9 Å². The van der Waals surface area contributed by atoms with Crippen molar-refractivity contribution in [3.05, 3.63) is 112 Å². The van der Waals surface area contributed by atoms with Gasteiger partial charge in [0, 0.05) is 29.7 Å². The molecule has 0 spiro atoms. The first kappa shape index (κ1) is 20.9. The van der Waals surface area contributed by atoms with Crippen molar-refractivity contribution in [2.24, 2.45) is 0 Å². The van der Waals surface area contributed by atoms with Crippen LogP contribution in [-0.2, 0) is 6.42 Å². The highest BCUT2D eigenvalue weighted by atomic mass is 19.1. The zero-order valence-electron chi connectivity index (χ0n) is 16.6. The molecule has 1 atom stereocenters. The Kier molecular flexibility index (Phi) is 5.98. The molecule has 4 aromatic rings. The molecule has 1 N–H and O–H groups in total. The molecule has 0 fully saturated rings. The predicted octanol–water partition coefficient (Wildman–Crippen LogP) is 4.50. The van der Waals surface area contributed by atoms with Crippen molar-refractivity contribution < 1.29 is 18.6 Å². The van der Waals surface area contributed by atoms with Crippen molar-refractivity contribution in [2.75, 3.05) is 0 Å². The molecule has 3 aromatic carbocycles. The Hall–Kier alpha value is -4.40. The quantitative estimate of drug-likeness (QED) is 0.340. The lowest BCUT2D eigenvalue weighted by atomic mass is 10.1. The minimum Gasteiger partial charge on any atom is -0.340 e. The number of nitrogens with one attached hydrogen (secondary N) is 1. The van der Waals surface area contributed by atoms with Gasteiger partial charge in [-0.1, -0.05) is 53.7 Å². The van der Waals surface area contributed by atoms with Gasteiger partial charge in [-0.05, 0) is 23.8 Å². The van der Waals surface area contributed by atoms with Crippen LogP contribution in [-0.4, -0.2) is 21.0 Å². The van der Waals surface area contributed by atoms with Gasteiger partial charge >= 0.3 is 0 Å². The fraction of sp³-hybridized carbons (Fsp3) is 0.0870. The summed E-state index contributed by atoms with van der Waals surface area (Å²) in [5.74, 6) is -0.745. The molecule has 1 amide bonds. The molecule has 0 aliphatic heterocycles. The van der Waals surface area contributed by atoms with Crippen LogP contribution in [0.1, 0.15) is 27.9 Å². The number of hydrogen-bond donors (Lipinski definition) is 1. The molecule has 1 heterocycles. The Labute approximate surface area is 181 Å². The smallest absolute Gasteiger partial charge is 0.270 e. The molecule has 0 bridgehead atoms. The average Bonchev–Trinajstić information content (AvgIpc) is 3.30. The Balaban J connectivity index is 1.63. The van der Waals surface area contributed by atoms with E-state index in [4.69, 9.17) is 4.52 Å². The largest absolute Gasteiger partial charge is 0.340 e. The van der Waals surface area contributed by atoms with Gasteiger partial charge in [0.05, 0.1) is 4.92 Å². The minimum absolute atomic E-state index is 0.103. The summed E-state index contributed by atoms with van der Waals surface area (Å²) in [7, 11) is 0. The van der Waals surface area contributed by atoms with Crippen molar-refractivity contribution >= 4 is 11.6 Å². The summed E-state index contributed by atoms with van der Waals surface area (Å²) in [6.07, 6.45) is 0.346. The van der Waals surface area contributed by atoms with Gasteiger partial charge in [0.15, 0.2) is 0 Å². The Morgan fingerprint density at radius 3 is 2.59 bits per heavy atom. The summed E-state index contributed by atoms with van der Waals surface area (Å²) in [5, 5.41) is 17.8. The first-order valence-electron chi connectivity index (χ1n) is 9.68. The van der Waals surface area contributed by atoms with Crippen LogP contribution in [0.4, 0.5) is 10.1 Å². The highest BCUT2D eigenvalue weighted by Gasteiger charge is 2.23. The van der Waals surface area contributed by atoms with Gasteiger partial charge in [0.2, 0.25) is 11.7 Å². The highest BCUT2D eigenvalue weighted by Crippen LogP contribution is 2.24. The summed E-state index contributed by atoms with van der Waals surface area (Å²) < 4.78 is 18.9. The number of hydrogen-bond acceptors (Lipinski definition) is 6. The van der Waals surface area contributed by atoms with Gasteiger partial charge in [-0.25, -0.2) is 4.39 Å². The number of carbonyl (C=O) groups excluding carboxylic acids is 1. The molecule has 160 valence electrons. The zero-order chi connectivity index (χ0) is 22.5. The first-order chi connectivity index (χ1) is 15.5. The lowest BCUT2D eigenvalue weighted by Crippen LogP contribution is -2.30. The molecule has 4 rings (SSSR count). The number of benzene rings is 3. The van der Waals surface area contributed by atoms with E-state index in [0.29, 0.717) is 12.0 Å². The van der Waals surface area contributed by atoms with Crippen LogP contribution in [0.3, 0.4) is 0 Å². The lowest BCUT2D eigenvalue weighted by molar-refractivity contribution is -0.384. The van der Waals surface area contributed by atoms with Gasteiger partial charge in [-0.2, -0.15) is 4.98 Å². The van der Waals surface area contributed by atoms with E-state index in [9.17, 15) is 19.3 Å². The minimum atomic E-state index is -0.701. The number of nitro benzene ring substituents is 1. The third-order valence-electron chi connectivity index (χ3n) is 4.73. The molecule has 0 radical (unpaired) electrons. The number of nitrogens with zero attached hydrogens (tertiary/aromatic N) is 3. The Morgan fingerprint density at radius 1 is 1.06 bits per heavy atom. The van der Waals surface area contributed by atoms with E-state index in [0.717, 1.165) is 11.6 Å². The molecule has 8 nitrogen and oxygen atoms in total. The third kappa shape index (κ3) is 4.84. The molecule has 0 saturated carbocycles. The van der Waals surface area contributed by atoms with Crippen LogP contribution in [0, 0.1) is 15.9 Å². The van der Waals surface area contributed by atoms with Crippen molar-refractivity contribution in [1.82, 2.24) is 15.5 Å². The summed E-state index contributed by atoms with van der Waals surface area (Å²) in [6.45, 7) is 0. The fourth-order valence-corrected chi connectivity index (χ4v) is 3.17. The Morgan fingerprint density at radius 2 is 1.84 bits per heavy atom. The molecule has 1 aromatic heterocycles. The second-order valence-electron chi connectivity index (χ2n) is 6.99. The number of non-ortho nitro benzene ring substituents is 1.